The van der Waals surface area contributed by atoms with E-state index in [1.165, 1.54) is 18.4 Å². The van der Waals surface area contributed by atoms with E-state index >= 15 is 0 Å². The first-order valence-electron chi connectivity index (χ1n) is 6.66. The standard InChI is InChI=1S/C14H22BNO/c1-4-5-11-15-16(3)12(2)14(17-15)13-9-7-6-8-10-13/h6-10,12,14H,4-5,11H2,1-3H3. The number of hydrogen-bond acceptors (Lipinski definition) is 2. The first-order chi connectivity index (χ1) is 8.24. The molecule has 2 unspecified atom stereocenters. The summed E-state index contributed by atoms with van der Waals surface area (Å²) in [6.07, 6.45) is 3.84. The lowest BCUT2D eigenvalue weighted by molar-refractivity contribution is 0.209. The van der Waals surface area contributed by atoms with Crippen LogP contribution in [0.15, 0.2) is 30.3 Å². The molecule has 1 aromatic carbocycles. The summed E-state index contributed by atoms with van der Waals surface area (Å²) in [5, 5.41) is 0. The van der Waals surface area contributed by atoms with Crippen molar-refractivity contribution in [3.05, 3.63) is 35.9 Å². The van der Waals surface area contributed by atoms with E-state index in [9.17, 15) is 0 Å². The van der Waals surface area contributed by atoms with Crippen LogP contribution >= 0.6 is 0 Å². The van der Waals surface area contributed by atoms with Crippen molar-refractivity contribution in [2.24, 2.45) is 0 Å². The fraction of sp³-hybridized carbons (Fsp3) is 0.571. The molecule has 1 aliphatic rings. The SMILES string of the molecule is CCCCB1OC(c2ccccc2)C(C)N1C. The minimum absolute atomic E-state index is 0.225. The van der Waals surface area contributed by atoms with E-state index in [4.69, 9.17) is 4.65 Å². The van der Waals surface area contributed by atoms with E-state index in [1.807, 2.05) is 0 Å². The second-order valence-electron chi connectivity index (χ2n) is 4.97. The summed E-state index contributed by atoms with van der Waals surface area (Å²) < 4.78 is 6.20. The Morgan fingerprint density at radius 1 is 1.29 bits per heavy atom. The van der Waals surface area contributed by atoms with E-state index < -0.39 is 0 Å². The van der Waals surface area contributed by atoms with Crippen molar-refractivity contribution < 1.29 is 4.65 Å². The Bertz CT molecular complexity index is 343. The third-order valence-corrected chi connectivity index (χ3v) is 3.77. The molecular formula is C14H22BNO. The molecule has 17 heavy (non-hydrogen) atoms. The van der Waals surface area contributed by atoms with Gasteiger partial charge in [0.2, 0.25) is 0 Å². The molecule has 2 nitrogen and oxygen atoms in total. The monoisotopic (exact) mass is 231 g/mol. The number of rotatable bonds is 4. The Hall–Kier alpha value is -0.795. The van der Waals surface area contributed by atoms with E-state index in [-0.39, 0.29) is 13.2 Å². The molecule has 0 bridgehead atoms. The van der Waals surface area contributed by atoms with Crippen LogP contribution in [-0.4, -0.2) is 25.0 Å². The Morgan fingerprint density at radius 3 is 2.65 bits per heavy atom. The first kappa shape index (κ1) is 12.7. The van der Waals surface area contributed by atoms with Crippen molar-refractivity contribution in [2.45, 2.75) is 45.2 Å². The molecule has 0 aromatic heterocycles. The van der Waals surface area contributed by atoms with Gasteiger partial charge in [-0.3, -0.25) is 0 Å². The van der Waals surface area contributed by atoms with Gasteiger partial charge in [-0.05, 0) is 25.9 Å². The smallest absolute Gasteiger partial charge is 0.383 e. The molecule has 92 valence electrons. The maximum absolute atomic E-state index is 6.20. The van der Waals surface area contributed by atoms with Gasteiger partial charge in [0, 0.05) is 6.04 Å². The Morgan fingerprint density at radius 2 is 2.00 bits per heavy atom. The van der Waals surface area contributed by atoms with Gasteiger partial charge in [0.15, 0.2) is 0 Å². The Labute approximate surface area is 105 Å². The van der Waals surface area contributed by atoms with Crippen LogP contribution in [0.4, 0.5) is 0 Å². The third-order valence-electron chi connectivity index (χ3n) is 3.77. The van der Waals surface area contributed by atoms with Gasteiger partial charge in [0.05, 0.1) is 6.10 Å². The zero-order chi connectivity index (χ0) is 12.3. The largest absolute Gasteiger partial charge is 0.413 e. The minimum atomic E-state index is 0.225. The average molecular weight is 231 g/mol. The van der Waals surface area contributed by atoms with E-state index in [0.717, 1.165) is 6.32 Å². The van der Waals surface area contributed by atoms with Gasteiger partial charge in [-0.25, -0.2) is 0 Å². The molecule has 0 aliphatic carbocycles. The van der Waals surface area contributed by atoms with Gasteiger partial charge in [-0.2, -0.15) is 0 Å². The molecule has 0 saturated carbocycles. The van der Waals surface area contributed by atoms with E-state index in [2.05, 4.69) is 56.0 Å². The molecule has 1 heterocycles. The fourth-order valence-electron chi connectivity index (χ4n) is 2.50. The Kier molecular flexibility index (Phi) is 4.24. The Balaban J connectivity index is 2.06. The van der Waals surface area contributed by atoms with Crippen molar-refractivity contribution in [2.75, 3.05) is 7.05 Å². The maximum Gasteiger partial charge on any atom is 0.383 e. The van der Waals surface area contributed by atoms with Gasteiger partial charge < -0.3 is 9.47 Å². The lowest BCUT2D eigenvalue weighted by Crippen LogP contribution is -2.35. The summed E-state index contributed by atoms with van der Waals surface area (Å²) >= 11 is 0. The van der Waals surface area contributed by atoms with Crippen molar-refractivity contribution in [3.8, 4) is 0 Å². The van der Waals surface area contributed by atoms with E-state index in [0.29, 0.717) is 6.04 Å². The lowest BCUT2D eigenvalue weighted by Gasteiger charge is -2.20. The molecule has 0 spiro atoms. The molecule has 0 radical (unpaired) electrons. The lowest BCUT2D eigenvalue weighted by atomic mass is 9.75. The highest BCUT2D eigenvalue weighted by Gasteiger charge is 2.40. The minimum Gasteiger partial charge on any atom is -0.413 e. The second-order valence-corrected chi connectivity index (χ2v) is 4.97. The predicted molar refractivity (Wildman–Crippen MR) is 73.0 cm³/mol. The third kappa shape index (κ3) is 2.72. The molecule has 2 rings (SSSR count). The molecule has 1 saturated heterocycles. The highest BCUT2D eigenvalue weighted by Crippen LogP contribution is 2.33. The normalized spacial score (nSPS) is 25.5. The van der Waals surface area contributed by atoms with Crippen molar-refractivity contribution in [1.82, 2.24) is 4.81 Å². The summed E-state index contributed by atoms with van der Waals surface area (Å²) in [6.45, 7) is 4.48. The highest BCUT2D eigenvalue weighted by atomic mass is 16.5. The van der Waals surface area contributed by atoms with Crippen LogP contribution in [0, 0.1) is 0 Å². The predicted octanol–water partition coefficient (Wildman–Crippen LogP) is 3.37. The topological polar surface area (TPSA) is 12.5 Å². The molecule has 0 N–H and O–H groups in total. The van der Waals surface area contributed by atoms with Gasteiger partial charge >= 0.3 is 7.05 Å². The van der Waals surface area contributed by atoms with Crippen LogP contribution in [0.5, 0.6) is 0 Å². The maximum atomic E-state index is 6.20. The van der Waals surface area contributed by atoms with Crippen molar-refractivity contribution in [1.29, 1.82) is 0 Å². The highest BCUT2D eigenvalue weighted by molar-refractivity contribution is 6.49. The van der Waals surface area contributed by atoms with Crippen molar-refractivity contribution >= 4 is 7.05 Å². The van der Waals surface area contributed by atoms with Crippen LogP contribution in [0.25, 0.3) is 0 Å². The van der Waals surface area contributed by atoms with Crippen LogP contribution in [0.3, 0.4) is 0 Å². The number of likely N-dealkylation sites (N-methyl/N-ethyl adjacent to an activating group) is 1. The summed E-state index contributed by atoms with van der Waals surface area (Å²) in [5.41, 5.74) is 1.30. The van der Waals surface area contributed by atoms with Crippen LogP contribution in [-0.2, 0) is 4.65 Å². The average Bonchev–Trinajstić information content (AvgIpc) is 2.65. The van der Waals surface area contributed by atoms with Crippen molar-refractivity contribution in [3.63, 3.8) is 0 Å². The zero-order valence-electron chi connectivity index (χ0n) is 11.1. The molecule has 3 heteroatoms. The molecule has 1 aliphatic heterocycles. The number of nitrogens with zero attached hydrogens (tertiary/aromatic N) is 1. The molecular weight excluding hydrogens is 209 g/mol. The summed E-state index contributed by atoms with van der Waals surface area (Å²) in [7, 11) is 2.46. The van der Waals surface area contributed by atoms with Crippen LogP contribution in [0.2, 0.25) is 6.32 Å². The number of unbranched alkanes of at least 4 members (excludes halogenated alkanes) is 1. The quantitative estimate of drug-likeness (QED) is 0.736. The summed E-state index contributed by atoms with van der Waals surface area (Å²) in [4.78, 5) is 2.37. The summed E-state index contributed by atoms with van der Waals surface area (Å²) in [5.74, 6) is 0. The van der Waals surface area contributed by atoms with Gasteiger partial charge in [0.1, 0.15) is 0 Å². The van der Waals surface area contributed by atoms with Gasteiger partial charge in [-0.15, -0.1) is 0 Å². The van der Waals surface area contributed by atoms with Crippen LogP contribution < -0.4 is 0 Å². The molecule has 0 amide bonds. The number of benzene rings is 1. The summed E-state index contributed by atoms with van der Waals surface area (Å²) in [6, 6.07) is 11.0. The fourth-order valence-corrected chi connectivity index (χ4v) is 2.50. The van der Waals surface area contributed by atoms with Crippen LogP contribution in [0.1, 0.15) is 38.4 Å². The van der Waals surface area contributed by atoms with E-state index in [1.54, 1.807) is 0 Å². The number of hydrogen-bond donors (Lipinski definition) is 0. The molecule has 1 aromatic rings. The zero-order valence-corrected chi connectivity index (χ0v) is 11.1. The second kappa shape index (κ2) is 5.70. The van der Waals surface area contributed by atoms with Gasteiger partial charge in [-0.1, -0.05) is 50.1 Å². The first-order valence-corrected chi connectivity index (χ1v) is 6.66. The van der Waals surface area contributed by atoms with Gasteiger partial charge in [0.25, 0.3) is 0 Å². The molecule has 1 fully saturated rings. The molecule has 2 atom stereocenters.